The van der Waals surface area contributed by atoms with E-state index < -0.39 is 5.91 Å². The molecule has 7 heteroatoms. The number of nitrogens with zero attached hydrogens (tertiary/aromatic N) is 3. The van der Waals surface area contributed by atoms with E-state index in [0.29, 0.717) is 12.1 Å². The van der Waals surface area contributed by atoms with Gasteiger partial charge in [-0.15, -0.1) is 0 Å². The molecule has 1 amide bonds. The fraction of sp³-hybridized carbons (Fsp3) is 0.0556. The Bertz CT molecular complexity index is 885. The number of benzene rings is 1. The van der Waals surface area contributed by atoms with E-state index in [2.05, 4.69) is 14.9 Å². The number of nitrogens with one attached hydrogen (secondary N) is 1. The summed E-state index contributed by atoms with van der Waals surface area (Å²) in [7, 11) is 0. The van der Waals surface area contributed by atoms with Crippen LogP contribution in [0.1, 0.15) is 15.9 Å². The van der Waals surface area contributed by atoms with Crippen molar-refractivity contribution in [3.05, 3.63) is 72.1 Å². The minimum atomic E-state index is -0.525. The highest BCUT2D eigenvalue weighted by Crippen LogP contribution is 2.46. The topological polar surface area (TPSA) is 78.4 Å². The Morgan fingerprint density at radius 1 is 1.08 bits per heavy atom. The Kier molecular flexibility index (Phi) is 4.09. The molecule has 3 aromatic rings. The van der Waals surface area contributed by atoms with Crippen molar-refractivity contribution < 1.29 is 10.0 Å². The highest BCUT2D eigenvalue weighted by atomic mass is 32.2. The number of aromatic nitrogens is 2. The second kappa shape index (κ2) is 6.54. The molecule has 4 rings (SSSR count). The summed E-state index contributed by atoms with van der Waals surface area (Å²) in [5.74, 6) is 0.368. The van der Waals surface area contributed by atoms with Crippen molar-refractivity contribution in [1.82, 2.24) is 15.4 Å². The first-order valence-corrected chi connectivity index (χ1v) is 8.47. The molecule has 0 bridgehead atoms. The van der Waals surface area contributed by atoms with Crippen LogP contribution in [0.2, 0.25) is 0 Å². The SMILES string of the molecule is O=C(NO)c1ccc(CN2c3cccnc3Sc3cccnc32)cc1. The number of hydroxylamine groups is 1. The number of pyridine rings is 2. The van der Waals surface area contributed by atoms with E-state index in [0.717, 1.165) is 27.0 Å². The summed E-state index contributed by atoms with van der Waals surface area (Å²) in [5.41, 5.74) is 4.07. The number of rotatable bonds is 3. The summed E-state index contributed by atoms with van der Waals surface area (Å²) in [6.07, 6.45) is 3.57. The first kappa shape index (κ1) is 15.6. The lowest BCUT2D eigenvalue weighted by Crippen LogP contribution is -2.22. The summed E-state index contributed by atoms with van der Waals surface area (Å²) in [6.45, 7) is 0.601. The van der Waals surface area contributed by atoms with Crippen molar-refractivity contribution in [2.75, 3.05) is 4.90 Å². The van der Waals surface area contributed by atoms with Crippen LogP contribution >= 0.6 is 11.8 Å². The molecule has 0 saturated heterocycles. The molecule has 0 aliphatic carbocycles. The monoisotopic (exact) mass is 350 g/mol. The molecular weight excluding hydrogens is 336 g/mol. The molecule has 3 heterocycles. The van der Waals surface area contributed by atoms with E-state index in [1.54, 1.807) is 41.8 Å². The Morgan fingerprint density at radius 2 is 1.84 bits per heavy atom. The third-order valence-electron chi connectivity index (χ3n) is 3.91. The molecule has 1 aromatic carbocycles. The van der Waals surface area contributed by atoms with Gasteiger partial charge < -0.3 is 4.90 Å². The highest BCUT2D eigenvalue weighted by Gasteiger charge is 2.25. The van der Waals surface area contributed by atoms with Gasteiger partial charge in [0.1, 0.15) is 10.8 Å². The van der Waals surface area contributed by atoms with E-state index in [9.17, 15) is 4.79 Å². The average Bonchev–Trinajstić information content (AvgIpc) is 2.67. The fourth-order valence-electron chi connectivity index (χ4n) is 2.72. The molecule has 0 spiro atoms. The zero-order chi connectivity index (χ0) is 17.2. The normalized spacial score (nSPS) is 12.3. The molecule has 1 aliphatic rings. The molecule has 0 radical (unpaired) electrons. The van der Waals surface area contributed by atoms with Gasteiger partial charge in [-0.05, 0) is 42.0 Å². The summed E-state index contributed by atoms with van der Waals surface area (Å²) in [4.78, 5) is 23.6. The third kappa shape index (κ3) is 2.95. The van der Waals surface area contributed by atoms with Crippen LogP contribution in [0.25, 0.3) is 0 Å². The quantitative estimate of drug-likeness (QED) is 0.557. The third-order valence-corrected chi connectivity index (χ3v) is 4.96. The highest BCUT2D eigenvalue weighted by molar-refractivity contribution is 7.99. The maximum absolute atomic E-state index is 11.4. The van der Waals surface area contributed by atoms with Gasteiger partial charge in [0, 0.05) is 24.5 Å². The minimum absolute atomic E-state index is 0.404. The van der Waals surface area contributed by atoms with Gasteiger partial charge in [0.2, 0.25) is 0 Å². The number of anilines is 2. The molecular formula is C18H14N4O2S. The number of hydrogen-bond acceptors (Lipinski definition) is 6. The number of amides is 1. The van der Waals surface area contributed by atoms with Crippen LogP contribution in [0.15, 0.2) is 70.8 Å². The number of fused-ring (bicyclic) bond motifs is 2. The molecule has 2 aromatic heterocycles. The summed E-state index contributed by atoms with van der Waals surface area (Å²) < 4.78 is 0. The molecule has 0 atom stereocenters. The maximum Gasteiger partial charge on any atom is 0.274 e. The van der Waals surface area contributed by atoms with Crippen LogP contribution in [0.5, 0.6) is 0 Å². The van der Waals surface area contributed by atoms with Gasteiger partial charge in [0.15, 0.2) is 0 Å². The van der Waals surface area contributed by atoms with E-state index in [-0.39, 0.29) is 0 Å². The molecule has 2 N–H and O–H groups in total. The predicted molar refractivity (Wildman–Crippen MR) is 94.1 cm³/mol. The van der Waals surface area contributed by atoms with Crippen molar-refractivity contribution in [2.45, 2.75) is 16.5 Å². The van der Waals surface area contributed by atoms with Crippen molar-refractivity contribution in [2.24, 2.45) is 0 Å². The lowest BCUT2D eigenvalue weighted by atomic mass is 10.1. The molecule has 0 fully saturated rings. The first-order valence-electron chi connectivity index (χ1n) is 7.65. The van der Waals surface area contributed by atoms with Gasteiger partial charge in [-0.1, -0.05) is 23.9 Å². The summed E-state index contributed by atoms with van der Waals surface area (Å²) in [5, 5.41) is 9.66. The van der Waals surface area contributed by atoms with Gasteiger partial charge >= 0.3 is 0 Å². The Morgan fingerprint density at radius 3 is 2.64 bits per heavy atom. The zero-order valence-corrected chi connectivity index (χ0v) is 13.9. The van der Waals surface area contributed by atoms with Crippen LogP contribution in [0.3, 0.4) is 0 Å². The Labute approximate surface area is 148 Å². The van der Waals surface area contributed by atoms with E-state index in [1.807, 2.05) is 36.4 Å². The minimum Gasteiger partial charge on any atom is -0.319 e. The van der Waals surface area contributed by atoms with Crippen LogP contribution in [-0.2, 0) is 6.54 Å². The Hall–Kier alpha value is -2.90. The van der Waals surface area contributed by atoms with Gasteiger partial charge in [-0.3, -0.25) is 10.0 Å². The van der Waals surface area contributed by atoms with Crippen molar-refractivity contribution in [3.8, 4) is 0 Å². The van der Waals surface area contributed by atoms with Gasteiger partial charge in [0.05, 0.1) is 10.6 Å². The average molecular weight is 350 g/mol. The van der Waals surface area contributed by atoms with Gasteiger partial charge in [-0.2, -0.15) is 0 Å². The fourth-order valence-corrected chi connectivity index (χ4v) is 3.72. The molecule has 0 saturated carbocycles. The van der Waals surface area contributed by atoms with E-state index in [1.165, 1.54) is 0 Å². The smallest absolute Gasteiger partial charge is 0.274 e. The largest absolute Gasteiger partial charge is 0.319 e. The standard InChI is InChI=1S/C18H14N4O2S/c23-17(21-24)13-7-5-12(6-8-13)11-22-14-3-1-10-20-18(14)25-15-4-2-9-19-16(15)22/h1-10,24H,11H2,(H,21,23). The molecule has 6 nitrogen and oxygen atoms in total. The molecule has 124 valence electrons. The number of carbonyl (C=O) groups is 1. The molecule has 25 heavy (non-hydrogen) atoms. The van der Waals surface area contributed by atoms with Crippen molar-refractivity contribution in [3.63, 3.8) is 0 Å². The number of hydrogen-bond donors (Lipinski definition) is 2. The maximum atomic E-state index is 11.4. The van der Waals surface area contributed by atoms with Crippen LogP contribution in [-0.4, -0.2) is 21.1 Å². The molecule has 0 unspecified atom stereocenters. The molecule has 1 aliphatic heterocycles. The van der Waals surface area contributed by atoms with Crippen molar-refractivity contribution >= 4 is 29.2 Å². The second-order valence-corrected chi connectivity index (χ2v) is 6.51. The summed E-state index contributed by atoms with van der Waals surface area (Å²) in [6, 6.07) is 15.0. The zero-order valence-electron chi connectivity index (χ0n) is 13.1. The predicted octanol–water partition coefficient (Wildman–Crippen LogP) is 3.40. The summed E-state index contributed by atoms with van der Waals surface area (Å²) >= 11 is 1.61. The van der Waals surface area contributed by atoms with Crippen LogP contribution in [0.4, 0.5) is 11.5 Å². The van der Waals surface area contributed by atoms with Gasteiger partial charge in [-0.25, -0.2) is 15.4 Å². The van der Waals surface area contributed by atoms with Crippen molar-refractivity contribution in [1.29, 1.82) is 0 Å². The Balaban J connectivity index is 1.69. The first-order chi connectivity index (χ1) is 12.3. The van der Waals surface area contributed by atoms with E-state index >= 15 is 0 Å². The van der Waals surface area contributed by atoms with Crippen LogP contribution in [0, 0.1) is 0 Å². The second-order valence-electron chi connectivity index (χ2n) is 5.48. The van der Waals surface area contributed by atoms with E-state index in [4.69, 9.17) is 5.21 Å². The number of carbonyl (C=O) groups excluding carboxylic acids is 1. The van der Waals surface area contributed by atoms with Crippen LogP contribution < -0.4 is 10.4 Å². The van der Waals surface area contributed by atoms with Gasteiger partial charge in [0.25, 0.3) is 5.91 Å². The lowest BCUT2D eigenvalue weighted by molar-refractivity contribution is 0.0706. The lowest BCUT2D eigenvalue weighted by Gasteiger charge is -2.30.